The van der Waals surface area contributed by atoms with Crippen LogP contribution in [0.4, 0.5) is 13.2 Å². The number of halogens is 6. The minimum absolute atomic E-state index is 0.0220. The summed E-state index contributed by atoms with van der Waals surface area (Å²) < 4.78 is 41.3. The highest BCUT2D eigenvalue weighted by molar-refractivity contribution is 7.80. The van der Waals surface area contributed by atoms with Gasteiger partial charge in [0, 0.05) is 18.7 Å². The van der Waals surface area contributed by atoms with Gasteiger partial charge >= 0.3 is 6.18 Å². The van der Waals surface area contributed by atoms with Gasteiger partial charge in [0.05, 0.1) is 21.0 Å². The first-order chi connectivity index (χ1) is 15.6. The normalized spacial score (nSPS) is 16.8. The Morgan fingerprint density at radius 1 is 1.21 bits per heavy atom. The Balaban J connectivity index is 1.80. The molecule has 1 aliphatic rings. The lowest BCUT2D eigenvalue weighted by Crippen LogP contribution is -2.19. The van der Waals surface area contributed by atoms with Crippen molar-refractivity contribution in [2.45, 2.75) is 30.9 Å². The number of fused-ring (bicyclic) bond motifs is 1. The number of hydrogen-bond acceptors (Lipinski definition) is 1. The molecule has 1 aliphatic carbocycles. The predicted molar refractivity (Wildman–Crippen MR) is 136 cm³/mol. The molecule has 0 amide bonds. The highest BCUT2D eigenvalue weighted by Gasteiger charge is 2.39. The lowest BCUT2D eigenvalue weighted by atomic mass is 9.96. The van der Waals surface area contributed by atoms with Gasteiger partial charge in [0.1, 0.15) is 0 Å². The summed E-state index contributed by atoms with van der Waals surface area (Å²) in [7, 11) is 0. The molecule has 0 heterocycles. The molecule has 1 N–H and O–H groups in total. The molecule has 2 aromatic rings. The van der Waals surface area contributed by atoms with E-state index in [9.17, 15) is 13.2 Å². The number of benzene rings is 2. The third-order valence-electron chi connectivity index (χ3n) is 5.26. The van der Waals surface area contributed by atoms with Crippen molar-refractivity contribution in [1.82, 2.24) is 5.32 Å². The zero-order chi connectivity index (χ0) is 24.2. The molecule has 0 fully saturated rings. The average molecular weight is 532 g/mol. The Morgan fingerprint density at radius 3 is 2.55 bits per heavy atom. The quantitative estimate of drug-likeness (QED) is 0.176. The van der Waals surface area contributed by atoms with Crippen LogP contribution in [0, 0.1) is 0 Å². The number of alkyl halides is 3. The number of aryl methyl sites for hydroxylation is 1. The van der Waals surface area contributed by atoms with Gasteiger partial charge < -0.3 is 5.32 Å². The maximum atomic E-state index is 13.8. The average Bonchev–Trinajstić information content (AvgIpc) is 3.16. The second-order valence-electron chi connectivity index (χ2n) is 7.53. The van der Waals surface area contributed by atoms with Crippen LogP contribution >= 0.6 is 47.0 Å². The van der Waals surface area contributed by atoms with E-state index in [2.05, 4.69) is 16.9 Å². The molecule has 2 nitrogen and oxygen atoms in total. The molecule has 33 heavy (non-hydrogen) atoms. The minimum Gasteiger partial charge on any atom is -0.357 e. The fourth-order valence-electron chi connectivity index (χ4n) is 3.66. The van der Waals surface area contributed by atoms with E-state index < -0.39 is 12.1 Å². The zero-order valence-electron chi connectivity index (χ0n) is 17.3. The summed E-state index contributed by atoms with van der Waals surface area (Å²) in [6, 6.07) is 8.02. The predicted octanol–water partition coefficient (Wildman–Crippen LogP) is 8.17. The summed E-state index contributed by atoms with van der Waals surface area (Å²) in [5.74, 6) is -1.76. The van der Waals surface area contributed by atoms with Crippen molar-refractivity contribution in [2.24, 2.45) is 4.99 Å². The smallest absolute Gasteiger partial charge is 0.357 e. The largest absolute Gasteiger partial charge is 0.399 e. The summed E-state index contributed by atoms with van der Waals surface area (Å²) in [5, 5.41) is 3.32. The fourth-order valence-corrected chi connectivity index (χ4v) is 4.42. The van der Waals surface area contributed by atoms with Crippen LogP contribution in [0.15, 0.2) is 54.1 Å². The van der Waals surface area contributed by atoms with Crippen LogP contribution in [0.1, 0.15) is 40.5 Å². The lowest BCUT2D eigenvalue weighted by molar-refractivity contribution is -0.139. The van der Waals surface area contributed by atoms with Crippen LogP contribution < -0.4 is 5.32 Å². The van der Waals surface area contributed by atoms with Gasteiger partial charge in [-0.1, -0.05) is 71.2 Å². The topological polar surface area (TPSA) is 24.4 Å². The molecule has 0 saturated heterocycles. The van der Waals surface area contributed by atoms with Gasteiger partial charge in [0.15, 0.2) is 5.11 Å². The van der Waals surface area contributed by atoms with Gasteiger partial charge in [-0.05, 0) is 59.4 Å². The number of nitrogens with zero attached hydrogens (tertiary/aromatic N) is 1. The van der Waals surface area contributed by atoms with E-state index in [1.54, 1.807) is 12.1 Å². The first kappa shape index (κ1) is 25.8. The zero-order valence-corrected chi connectivity index (χ0v) is 20.4. The molecule has 9 heteroatoms. The molecule has 0 saturated carbocycles. The third kappa shape index (κ3) is 6.60. The number of nitrogens with one attached hydrogen (secondary N) is 1. The summed E-state index contributed by atoms with van der Waals surface area (Å²) in [6.07, 6.45) is 3.23. The van der Waals surface area contributed by atoms with Crippen LogP contribution in [0.3, 0.4) is 0 Å². The first-order valence-corrected chi connectivity index (χ1v) is 11.6. The van der Waals surface area contributed by atoms with E-state index >= 15 is 0 Å². The summed E-state index contributed by atoms with van der Waals surface area (Å²) in [6.45, 7) is 4.16. The third-order valence-corrected chi connectivity index (χ3v) is 6.71. The number of thiocarbonyl (C=S) groups is 1. The van der Waals surface area contributed by atoms with Crippen LogP contribution in [0.25, 0.3) is 6.08 Å². The van der Waals surface area contributed by atoms with Gasteiger partial charge in [0.25, 0.3) is 0 Å². The van der Waals surface area contributed by atoms with Gasteiger partial charge in [-0.25, -0.2) is 4.99 Å². The van der Waals surface area contributed by atoms with Crippen molar-refractivity contribution >= 4 is 64.4 Å². The Labute approximate surface area is 211 Å². The Morgan fingerprint density at radius 2 is 1.91 bits per heavy atom. The van der Waals surface area contributed by atoms with Gasteiger partial charge in [-0.15, -0.1) is 6.58 Å². The molecule has 3 rings (SSSR count). The van der Waals surface area contributed by atoms with Crippen molar-refractivity contribution in [3.63, 3.8) is 0 Å². The molecule has 0 aliphatic heterocycles. The van der Waals surface area contributed by atoms with E-state index in [1.807, 2.05) is 18.3 Å². The SMILES string of the molecule is C=CCNC(=S)N=CC1CCc2cc(/C=C/C(c3cc(Cl)c(Cl)c(Cl)c3)C(F)(F)F)ccc21. The van der Waals surface area contributed by atoms with E-state index in [4.69, 9.17) is 47.0 Å². The molecular weight excluding hydrogens is 512 g/mol. The number of rotatable bonds is 6. The minimum atomic E-state index is -4.52. The van der Waals surface area contributed by atoms with Gasteiger partial charge in [0.2, 0.25) is 0 Å². The second kappa shape index (κ2) is 11.0. The van der Waals surface area contributed by atoms with Gasteiger partial charge in [-0.3, -0.25) is 0 Å². The van der Waals surface area contributed by atoms with E-state index in [1.165, 1.54) is 18.2 Å². The molecular formula is C24H20Cl3F3N2S. The summed E-state index contributed by atoms with van der Waals surface area (Å²) in [5.41, 5.74) is 2.79. The number of hydrogen-bond donors (Lipinski definition) is 1. The summed E-state index contributed by atoms with van der Waals surface area (Å²) in [4.78, 5) is 4.28. The van der Waals surface area contributed by atoms with Crippen LogP contribution in [-0.2, 0) is 6.42 Å². The number of aliphatic imine (C=N–C) groups is 1. The van der Waals surface area contributed by atoms with Crippen molar-refractivity contribution in [3.8, 4) is 0 Å². The maximum absolute atomic E-state index is 13.8. The molecule has 0 radical (unpaired) electrons. The van der Waals surface area contributed by atoms with Crippen molar-refractivity contribution in [3.05, 3.63) is 86.4 Å². The first-order valence-electron chi connectivity index (χ1n) is 10.0. The Bertz CT molecular complexity index is 1090. The van der Waals surface area contributed by atoms with Crippen molar-refractivity contribution in [1.29, 1.82) is 0 Å². The molecule has 2 unspecified atom stereocenters. The van der Waals surface area contributed by atoms with Crippen LogP contribution in [-0.4, -0.2) is 24.0 Å². The fraction of sp³-hybridized carbons (Fsp3) is 0.250. The van der Waals surface area contributed by atoms with Crippen molar-refractivity contribution < 1.29 is 13.2 Å². The molecule has 0 aromatic heterocycles. The van der Waals surface area contributed by atoms with E-state index in [0.29, 0.717) is 17.2 Å². The standard InChI is InChI=1S/C24H20Cl3F3N2S/c1-2-9-31-23(33)32-13-16-6-5-15-10-14(3-7-18(15)16)4-8-19(24(28,29)30)17-11-20(25)22(27)21(26)12-17/h2-4,7-8,10-13,16,19H,1,5-6,9H2,(H,31,33)/b8-4+,32-13?. The second-order valence-corrected chi connectivity index (χ2v) is 9.11. The lowest BCUT2D eigenvalue weighted by Gasteiger charge is -2.18. The maximum Gasteiger partial charge on any atom is 0.399 e. The van der Waals surface area contributed by atoms with Crippen molar-refractivity contribution in [2.75, 3.05) is 6.54 Å². The highest BCUT2D eigenvalue weighted by Crippen LogP contribution is 2.41. The molecule has 2 aromatic carbocycles. The Kier molecular flexibility index (Phi) is 8.62. The highest BCUT2D eigenvalue weighted by atomic mass is 35.5. The van der Waals surface area contributed by atoms with E-state index in [-0.39, 0.29) is 26.5 Å². The molecule has 0 bridgehead atoms. The summed E-state index contributed by atoms with van der Waals surface area (Å²) >= 11 is 22.9. The molecule has 174 valence electrons. The Hall–Kier alpha value is -1.86. The van der Waals surface area contributed by atoms with Crippen LogP contribution in [0.5, 0.6) is 0 Å². The van der Waals surface area contributed by atoms with E-state index in [0.717, 1.165) is 30.0 Å². The molecule has 2 atom stereocenters. The number of allylic oxidation sites excluding steroid dienone is 1. The molecule has 0 spiro atoms. The monoisotopic (exact) mass is 530 g/mol. The van der Waals surface area contributed by atoms with Crippen LogP contribution in [0.2, 0.25) is 15.1 Å². The van der Waals surface area contributed by atoms with Gasteiger partial charge in [-0.2, -0.15) is 13.2 Å².